The van der Waals surface area contributed by atoms with Crippen LogP contribution in [0.5, 0.6) is 5.75 Å². The molecule has 2 N–H and O–H groups in total. The van der Waals surface area contributed by atoms with E-state index in [1.807, 2.05) is 6.92 Å². The maximum atomic E-state index is 10.3. The second-order valence-electron chi connectivity index (χ2n) is 6.07. The lowest BCUT2D eigenvalue weighted by Crippen LogP contribution is -2.40. The Labute approximate surface area is 116 Å². The Morgan fingerprint density at radius 3 is 2.95 bits per heavy atom. The van der Waals surface area contributed by atoms with Crippen LogP contribution in [0.25, 0.3) is 0 Å². The van der Waals surface area contributed by atoms with Crippen molar-refractivity contribution in [1.82, 2.24) is 5.32 Å². The first-order chi connectivity index (χ1) is 8.96. The first-order valence-corrected chi connectivity index (χ1v) is 7.17. The highest BCUT2D eigenvalue weighted by Gasteiger charge is 2.20. The standard InChI is InChI=1S/C16H25NO2/c1-12(2)17-11-16(3,18)8-6-13-4-5-15-14(10-13)7-9-19-15/h4-5,10,12,17-18H,6-9,11H2,1-3H3. The Morgan fingerprint density at radius 2 is 2.21 bits per heavy atom. The fourth-order valence-corrected chi connectivity index (χ4v) is 2.32. The lowest BCUT2D eigenvalue weighted by atomic mass is 9.95. The maximum absolute atomic E-state index is 10.3. The summed E-state index contributed by atoms with van der Waals surface area (Å²) in [6.07, 6.45) is 2.68. The van der Waals surface area contributed by atoms with Gasteiger partial charge in [-0.25, -0.2) is 0 Å². The van der Waals surface area contributed by atoms with Gasteiger partial charge in [-0.1, -0.05) is 26.0 Å². The summed E-state index contributed by atoms with van der Waals surface area (Å²) >= 11 is 0. The second-order valence-corrected chi connectivity index (χ2v) is 6.07. The number of aryl methyl sites for hydroxylation is 1. The molecule has 0 aliphatic carbocycles. The third-order valence-electron chi connectivity index (χ3n) is 3.60. The topological polar surface area (TPSA) is 41.5 Å². The Bertz CT molecular complexity index is 427. The molecule has 2 rings (SSSR count). The van der Waals surface area contributed by atoms with E-state index in [1.54, 1.807) is 0 Å². The minimum absolute atomic E-state index is 0.406. The van der Waals surface area contributed by atoms with E-state index in [2.05, 4.69) is 37.4 Å². The summed E-state index contributed by atoms with van der Waals surface area (Å²) in [5.41, 5.74) is 1.94. The van der Waals surface area contributed by atoms with Gasteiger partial charge in [-0.15, -0.1) is 0 Å². The van der Waals surface area contributed by atoms with E-state index in [1.165, 1.54) is 11.1 Å². The third-order valence-corrected chi connectivity index (χ3v) is 3.60. The van der Waals surface area contributed by atoms with Gasteiger partial charge in [0, 0.05) is 19.0 Å². The highest BCUT2D eigenvalue weighted by molar-refractivity contribution is 5.39. The maximum Gasteiger partial charge on any atom is 0.122 e. The highest BCUT2D eigenvalue weighted by Crippen LogP contribution is 2.26. The fourth-order valence-electron chi connectivity index (χ4n) is 2.32. The van der Waals surface area contributed by atoms with Gasteiger partial charge in [0.15, 0.2) is 0 Å². The zero-order valence-electron chi connectivity index (χ0n) is 12.2. The van der Waals surface area contributed by atoms with Gasteiger partial charge in [-0.2, -0.15) is 0 Å². The molecule has 0 saturated heterocycles. The van der Waals surface area contributed by atoms with Gasteiger partial charge in [-0.3, -0.25) is 0 Å². The fraction of sp³-hybridized carbons (Fsp3) is 0.625. The van der Waals surface area contributed by atoms with E-state index in [-0.39, 0.29) is 0 Å². The van der Waals surface area contributed by atoms with E-state index < -0.39 is 5.60 Å². The quantitative estimate of drug-likeness (QED) is 0.827. The molecule has 19 heavy (non-hydrogen) atoms. The number of hydrogen-bond acceptors (Lipinski definition) is 3. The minimum atomic E-state index is -0.653. The molecule has 1 aromatic carbocycles. The molecule has 1 atom stereocenters. The van der Waals surface area contributed by atoms with Crippen LogP contribution in [-0.2, 0) is 12.8 Å². The van der Waals surface area contributed by atoms with Crippen molar-refractivity contribution in [3.63, 3.8) is 0 Å². The van der Waals surface area contributed by atoms with Gasteiger partial charge in [-0.05, 0) is 37.0 Å². The predicted molar refractivity (Wildman–Crippen MR) is 77.7 cm³/mol. The van der Waals surface area contributed by atoms with Crippen LogP contribution in [0.3, 0.4) is 0 Å². The summed E-state index contributed by atoms with van der Waals surface area (Å²) in [6, 6.07) is 6.78. The van der Waals surface area contributed by atoms with Gasteiger partial charge in [0.2, 0.25) is 0 Å². The lowest BCUT2D eigenvalue weighted by molar-refractivity contribution is 0.0492. The smallest absolute Gasteiger partial charge is 0.122 e. The first-order valence-electron chi connectivity index (χ1n) is 7.17. The second kappa shape index (κ2) is 5.93. The molecule has 1 heterocycles. The number of fused-ring (bicyclic) bond motifs is 1. The molecule has 3 nitrogen and oxygen atoms in total. The molecule has 1 aliphatic heterocycles. The van der Waals surface area contributed by atoms with E-state index in [4.69, 9.17) is 4.74 Å². The van der Waals surface area contributed by atoms with Gasteiger partial charge in [0.05, 0.1) is 12.2 Å². The number of hydrogen-bond donors (Lipinski definition) is 2. The number of aliphatic hydroxyl groups is 1. The molecule has 1 aromatic rings. The summed E-state index contributed by atoms with van der Waals surface area (Å²) < 4.78 is 5.50. The van der Waals surface area contributed by atoms with Gasteiger partial charge in [0.25, 0.3) is 0 Å². The molecule has 1 aliphatic rings. The van der Waals surface area contributed by atoms with Crippen LogP contribution >= 0.6 is 0 Å². The summed E-state index contributed by atoms with van der Waals surface area (Å²) in [5, 5.41) is 13.6. The predicted octanol–water partition coefficient (Wildman–Crippen LogP) is 2.30. The number of rotatable bonds is 6. The van der Waals surface area contributed by atoms with Crippen molar-refractivity contribution in [3.8, 4) is 5.75 Å². The molecule has 106 valence electrons. The van der Waals surface area contributed by atoms with Crippen molar-refractivity contribution in [2.24, 2.45) is 0 Å². The average Bonchev–Trinajstić information content (AvgIpc) is 2.81. The molecule has 1 unspecified atom stereocenters. The highest BCUT2D eigenvalue weighted by atomic mass is 16.5. The van der Waals surface area contributed by atoms with Crippen molar-refractivity contribution < 1.29 is 9.84 Å². The molecule has 0 aromatic heterocycles. The van der Waals surface area contributed by atoms with Gasteiger partial charge in [0.1, 0.15) is 5.75 Å². The third kappa shape index (κ3) is 4.22. The van der Waals surface area contributed by atoms with Crippen LogP contribution < -0.4 is 10.1 Å². The van der Waals surface area contributed by atoms with E-state index >= 15 is 0 Å². The van der Waals surface area contributed by atoms with Crippen molar-refractivity contribution in [1.29, 1.82) is 0 Å². The van der Waals surface area contributed by atoms with Crippen LogP contribution in [-0.4, -0.2) is 29.9 Å². The van der Waals surface area contributed by atoms with Crippen LogP contribution in [0.1, 0.15) is 38.3 Å². The molecule has 0 bridgehead atoms. The van der Waals surface area contributed by atoms with E-state index in [9.17, 15) is 5.11 Å². The lowest BCUT2D eigenvalue weighted by Gasteiger charge is -2.25. The molecule has 0 saturated carbocycles. The number of nitrogens with one attached hydrogen (secondary N) is 1. The van der Waals surface area contributed by atoms with E-state index in [0.717, 1.165) is 31.6 Å². The zero-order chi connectivity index (χ0) is 13.9. The average molecular weight is 263 g/mol. The Morgan fingerprint density at radius 1 is 1.42 bits per heavy atom. The number of ether oxygens (including phenoxy) is 1. The molecule has 3 heteroatoms. The Balaban J connectivity index is 1.87. The molecular formula is C16H25NO2. The summed E-state index contributed by atoms with van der Waals surface area (Å²) in [6.45, 7) is 7.53. The monoisotopic (exact) mass is 263 g/mol. The molecule has 0 amide bonds. The van der Waals surface area contributed by atoms with Crippen molar-refractivity contribution in [3.05, 3.63) is 29.3 Å². The first kappa shape index (κ1) is 14.4. The largest absolute Gasteiger partial charge is 0.493 e. The normalized spacial score (nSPS) is 17.1. The zero-order valence-corrected chi connectivity index (χ0v) is 12.2. The molecule has 0 spiro atoms. The Hall–Kier alpha value is -1.06. The van der Waals surface area contributed by atoms with Crippen LogP contribution in [0, 0.1) is 0 Å². The van der Waals surface area contributed by atoms with Crippen molar-refractivity contribution in [2.45, 2.75) is 51.7 Å². The van der Waals surface area contributed by atoms with Gasteiger partial charge < -0.3 is 15.2 Å². The molecule has 0 fully saturated rings. The van der Waals surface area contributed by atoms with Gasteiger partial charge >= 0.3 is 0 Å². The Kier molecular flexibility index (Phi) is 4.48. The summed E-state index contributed by atoms with van der Waals surface area (Å²) in [5.74, 6) is 1.02. The summed E-state index contributed by atoms with van der Waals surface area (Å²) in [7, 11) is 0. The van der Waals surface area contributed by atoms with Crippen molar-refractivity contribution in [2.75, 3.05) is 13.2 Å². The summed E-state index contributed by atoms with van der Waals surface area (Å²) in [4.78, 5) is 0. The van der Waals surface area contributed by atoms with Crippen LogP contribution in [0.2, 0.25) is 0 Å². The number of benzene rings is 1. The van der Waals surface area contributed by atoms with Crippen LogP contribution in [0.15, 0.2) is 18.2 Å². The van der Waals surface area contributed by atoms with Crippen molar-refractivity contribution >= 4 is 0 Å². The molecule has 0 radical (unpaired) electrons. The molecular weight excluding hydrogens is 238 g/mol. The minimum Gasteiger partial charge on any atom is -0.493 e. The van der Waals surface area contributed by atoms with E-state index in [0.29, 0.717) is 12.6 Å². The van der Waals surface area contributed by atoms with Crippen LogP contribution in [0.4, 0.5) is 0 Å². The SMILES string of the molecule is CC(C)NCC(C)(O)CCc1ccc2c(c1)CCO2.